The van der Waals surface area contributed by atoms with Crippen molar-refractivity contribution in [2.45, 2.75) is 13.0 Å². The van der Waals surface area contributed by atoms with E-state index in [0.717, 1.165) is 5.56 Å². The number of hydrogen-bond acceptors (Lipinski definition) is 3. The number of methoxy groups -OCH3 is 1. The third-order valence-corrected chi connectivity index (χ3v) is 3.23. The van der Waals surface area contributed by atoms with Crippen LogP contribution < -0.4 is 14.8 Å². The minimum Gasteiger partial charge on any atom is -0.493 e. The monoisotopic (exact) mass is 339 g/mol. The SMILES string of the molecule is COc1cc(C(=O)NCCc2cccc(F)c2)ccc1OC(F)F. The van der Waals surface area contributed by atoms with Crippen LogP contribution in [-0.2, 0) is 6.42 Å². The molecular formula is C17H16F3NO3. The van der Waals surface area contributed by atoms with E-state index < -0.39 is 12.5 Å². The topological polar surface area (TPSA) is 47.6 Å². The van der Waals surface area contributed by atoms with E-state index in [0.29, 0.717) is 13.0 Å². The average Bonchev–Trinajstić information content (AvgIpc) is 2.54. The van der Waals surface area contributed by atoms with Crippen molar-refractivity contribution < 1.29 is 27.4 Å². The minimum atomic E-state index is -2.98. The summed E-state index contributed by atoms with van der Waals surface area (Å²) >= 11 is 0. The van der Waals surface area contributed by atoms with Crippen LogP contribution in [0.5, 0.6) is 11.5 Å². The molecule has 0 atom stereocenters. The van der Waals surface area contributed by atoms with Crippen LogP contribution in [0.4, 0.5) is 13.2 Å². The number of benzene rings is 2. The van der Waals surface area contributed by atoms with E-state index in [1.165, 1.54) is 37.4 Å². The van der Waals surface area contributed by atoms with Gasteiger partial charge >= 0.3 is 6.61 Å². The van der Waals surface area contributed by atoms with Crippen LogP contribution in [0.15, 0.2) is 42.5 Å². The Morgan fingerprint density at radius 2 is 1.96 bits per heavy atom. The predicted octanol–water partition coefficient (Wildman–Crippen LogP) is 3.41. The van der Waals surface area contributed by atoms with Crippen molar-refractivity contribution in [1.29, 1.82) is 0 Å². The molecule has 2 aromatic rings. The van der Waals surface area contributed by atoms with Crippen molar-refractivity contribution in [2.75, 3.05) is 13.7 Å². The normalized spacial score (nSPS) is 10.5. The molecular weight excluding hydrogens is 323 g/mol. The van der Waals surface area contributed by atoms with Gasteiger partial charge < -0.3 is 14.8 Å². The van der Waals surface area contributed by atoms with Crippen molar-refractivity contribution in [3.05, 3.63) is 59.4 Å². The van der Waals surface area contributed by atoms with Gasteiger partial charge in [-0.25, -0.2) is 4.39 Å². The summed E-state index contributed by atoms with van der Waals surface area (Å²) in [6, 6.07) is 10.0. The number of hydrogen-bond donors (Lipinski definition) is 1. The summed E-state index contributed by atoms with van der Waals surface area (Å²) < 4.78 is 46.8. The molecule has 2 aromatic carbocycles. The second-order valence-electron chi connectivity index (χ2n) is 4.88. The highest BCUT2D eigenvalue weighted by molar-refractivity contribution is 5.94. The summed E-state index contributed by atoms with van der Waals surface area (Å²) in [4.78, 5) is 12.1. The van der Waals surface area contributed by atoms with Crippen LogP contribution in [0.1, 0.15) is 15.9 Å². The zero-order chi connectivity index (χ0) is 17.5. The number of ether oxygens (including phenoxy) is 2. The Bertz CT molecular complexity index is 707. The third-order valence-electron chi connectivity index (χ3n) is 3.23. The summed E-state index contributed by atoms with van der Waals surface area (Å²) in [5.41, 5.74) is 1.00. The number of nitrogens with one attached hydrogen (secondary N) is 1. The quantitative estimate of drug-likeness (QED) is 0.841. The zero-order valence-corrected chi connectivity index (χ0v) is 12.9. The Balaban J connectivity index is 1.96. The molecule has 0 heterocycles. The number of alkyl halides is 2. The first-order valence-corrected chi connectivity index (χ1v) is 7.15. The van der Waals surface area contributed by atoms with E-state index in [-0.39, 0.29) is 22.9 Å². The molecule has 0 fully saturated rings. The number of rotatable bonds is 7. The van der Waals surface area contributed by atoms with Crippen LogP contribution in [0.2, 0.25) is 0 Å². The van der Waals surface area contributed by atoms with Gasteiger partial charge in [0.05, 0.1) is 7.11 Å². The van der Waals surface area contributed by atoms with Gasteiger partial charge in [0.25, 0.3) is 5.91 Å². The van der Waals surface area contributed by atoms with E-state index in [2.05, 4.69) is 10.1 Å². The molecule has 0 spiro atoms. The molecule has 0 aromatic heterocycles. The minimum absolute atomic E-state index is 0.0353. The maximum absolute atomic E-state index is 13.1. The fourth-order valence-corrected chi connectivity index (χ4v) is 2.12. The summed E-state index contributed by atoms with van der Waals surface area (Å²) in [6.45, 7) is -2.68. The van der Waals surface area contributed by atoms with Gasteiger partial charge in [-0.3, -0.25) is 4.79 Å². The highest BCUT2D eigenvalue weighted by Crippen LogP contribution is 2.29. The zero-order valence-electron chi connectivity index (χ0n) is 12.9. The van der Waals surface area contributed by atoms with Gasteiger partial charge in [-0.05, 0) is 42.3 Å². The first kappa shape index (κ1) is 17.7. The van der Waals surface area contributed by atoms with Crippen LogP contribution in [0, 0.1) is 5.82 Å². The molecule has 0 aliphatic heterocycles. The number of halogens is 3. The highest BCUT2D eigenvalue weighted by atomic mass is 19.3. The van der Waals surface area contributed by atoms with Crippen LogP contribution in [-0.4, -0.2) is 26.2 Å². The molecule has 7 heteroatoms. The molecule has 4 nitrogen and oxygen atoms in total. The lowest BCUT2D eigenvalue weighted by Crippen LogP contribution is -2.25. The fraction of sp³-hybridized carbons (Fsp3) is 0.235. The number of amides is 1. The molecule has 0 radical (unpaired) electrons. The van der Waals surface area contributed by atoms with Gasteiger partial charge in [0.2, 0.25) is 0 Å². The van der Waals surface area contributed by atoms with Crippen LogP contribution in [0.25, 0.3) is 0 Å². The van der Waals surface area contributed by atoms with Crippen molar-refractivity contribution in [2.24, 2.45) is 0 Å². The second-order valence-corrected chi connectivity index (χ2v) is 4.88. The van der Waals surface area contributed by atoms with Gasteiger partial charge in [0.15, 0.2) is 11.5 Å². The van der Waals surface area contributed by atoms with E-state index in [9.17, 15) is 18.0 Å². The lowest BCUT2D eigenvalue weighted by atomic mass is 10.1. The van der Waals surface area contributed by atoms with Crippen molar-refractivity contribution in [3.63, 3.8) is 0 Å². The van der Waals surface area contributed by atoms with Gasteiger partial charge in [0.1, 0.15) is 5.82 Å². The first-order valence-electron chi connectivity index (χ1n) is 7.15. The smallest absolute Gasteiger partial charge is 0.387 e. The number of carbonyl (C=O) groups is 1. The van der Waals surface area contributed by atoms with Crippen LogP contribution in [0.3, 0.4) is 0 Å². The van der Waals surface area contributed by atoms with E-state index in [1.807, 2.05) is 0 Å². The van der Waals surface area contributed by atoms with Crippen molar-refractivity contribution in [1.82, 2.24) is 5.32 Å². The maximum atomic E-state index is 13.1. The molecule has 0 unspecified atom stereocenters. The molecule has 24 heavy (non-hydrogen) atoms. The maximum Gasteiger partial charge on any atom is 0.387 e. The number of carbonyl (C=O) groups excluding carboxylic acids is 1. The lowest BCUT2D eigenvalue weighted by molar-refractivity contribution is -0.0512. The van der Waals surface area contributed by atoms with E-state index in [4.69, 9.17) is 4.74 Å². The van der Waals surface area contributed by atoms with Crippen LogP contribution >= 0.6 is 0 Å². The van der Waals surface area contributed by atoms with Gasteiger partial charge in [0, 0.05) is 12.1 Å². The van der Waals surface area contributed by atoms with E-state index in [1.54, 1.807) is 12.1 Å². The standard InChI is InChI=1S/C17H16F3NO3/c1-23-15-10-12(5-6-14(15)24-17(19)20)16(22)21-8-7-11-3-2-4-13(18)9-11/h2-6,9-10,17H,7-8H2,1H3,(H,21,22). The third kappa shape index (κ3) is 4.91. The predicted molar refractivity (Wildman–Crippen MR) is 82.1 cm³/mol. The fourth-order valence-electron chi connectivity index (χ4n) is 2.12. The van der Waals surface area contributed by atoms with Gasteiger partial charge in [-0.1, -0.05) is 12.1 Å². The lowest BCUT2D eigenvalue weighted by Gasteiger charge is -2.11. The molecule has 0 aliphatic carbocycles. The Morgan fingerprint density at radius 3 is 2.62 bits per heavy atom. The first-order chi connectivity index (χ1) is 11.5. The van der Waals surface area contributed by atoms with Crippen molar-refractivity contribution in [3.8, 4) is 11.5 Å². The average molecular weight is 339 g/mol. The summed E-state index contributed by atoms with van der Waals surface area (Å²) in [7, 11) is 1.29. The second kappa shape index (κ2) is 8.24. The largest absolute Gasteiger partial charge is 0.493 e. The molecule has 0 aliphatic rings. The molecule has 0 saturated heterocycles. The Morgan fingerprint density at radius 1 is 1.17 bits per heavy atom. The molecule has 1 N–H and O–H groups in total. The molecule has 128 valence electrons. The van der Waals surface area contributed by atoms with Gasteiger partial charge in [-0.15, -0.1) is 0 Å². The molecule has 1 amide bonds. The molecule has 2 rings (SSSR count). The summed E-state index contributed by atoms with van der Waals surface area (Å²) in [5, 5.41) is 2.67. The van der Waals surface area contributed by atoms with Gasteiger partial charge in [-0.2, -0.15) is 8.78 Å². The Labute approximate surface area is 137 Å². The van der Waals surface area contributed by atoms with Crippen molar-refractivity contribution >= 4 is 5.91 Å². The Kier molecular flexibility index (Phi) is 6.06. The molecule has 0 bridgehead atoms. The molecule has 0 saturated carbocycles. The summed E-state index contributed by atoms with van der Waals surface area (Å²) in [5.74, 6) is -0.844. The van der Waals surface area contributed by atoms with E-state index >= 15 is 0 Å². The highest BCUT2D eigenvalue weighted by Gasteiger charge is 2.14. The summed E-state index contributed by atoms with van der Waals surface area (Å²) in [6.07, 6.45) is 0.465. The Hall–Kier alpha value is -2.70.